The van der Waals surface area contributed by atoms with Gasteiger partial charge in [0.05, 0.1) is 12.6 Å². The van der Waals surface area contributed by atoms with Gasteiger partial charge < -0.3 is 0 Å². The predicted octanol–water partition coefficient (Wildman–Crippen LogP) is 1.58. The number of carbonyl (C=O) groups is 1. The van der Waals surface area contributed by atoms with E-state index in [1.807, 2.05) is 20.8 Å². The van der Waals surface area contributed by atoms with Gasteiger partial charge in [-0.05, 0) is 33.6 Å². The van der Waals surface area contributed by atoms with Crippen molar-refractivity contribution in [2.45, 2.75) is 39.7 Å². The van der Waals surface area contributed by atoms with Crippen LogP contribution in [0.3, 0.4) is 0 Å². The Hall–Kier alpha value is -0.570. The third-order valence-electron chi connectivity index (χ3n) is 1.88. The second-order valence-electron chi connectivity index (χ2n) is 3.45. The molecule has 0 spiro atoms. The molecule has 0 aromatic carbocycles. The summed E-state index contributed by atoms with van der Waals surface area (Å²) in [6.07, 6.45) is 2.07. The third kappa shape index (κ3) is 2.21. The van der Waals surface area contributed by atoms with Gasteiger partial charge in [-0.1, -0.05) is 0 Å². The summed E-state index contributed by atoms with van der Waals surface area (Å²) in [6.45, 7) is 6.40. The quantitative estimate of drug-likeness (QED) is 0.601. The van der Waals surface area contributed by atoms with Crippen molar-refractivity contribution < 1.29 is 9.63 Å². The molecule has 1 aliphatic carbocycles. The molecule has 3 heteroatoms. The zero-order valence-electron chi connectivity index (χ0n) is 8.04. The molecule has 1 saturated carbocycles. The minimum Gasteiger partial charge on any atom is -0.272 e. The summed E-state index contributed by atoms with van der Waals surface area (Å²) in [7, 11) is 0. The highest BCUT2D eigenvalue weighted by molar-refractivity contribution is 5.80. The number of hydrogen-bond acceptors (Lipinski definition) is 2. The smallest absolute Gasteiger partial charge is 0.249 e. The van der Waals surface area contributed by atoms with Crippen molar-refractivity contribution in [3.05, 3.63) is 0 Å². The first-order valence-corrected chi connectivity index (χ1v) is 4.62. The van der Waals surface area contributed by atoms with Gasteiger partial charge in [-0.2, -0.15) is 0 Å². The molecule has 3 nitrogen and oxygen atoms in total. The van der Waals surface area contributed by atoms with E-state index in [2.05, 4.69) is 0 Å². The molecule has 0 heterocycles. The third-order valence-corrected chi connectivity index (χ3v) is 1.88. The molecule has 1 fully saturated rings. The molecule has 1 aliphatic rings. The van der Waals surface area contributed by atoms with Crippen LogP contribution < -0.4 is 0 Å². The lowest BCUT2D eigenvalue weighted by atomic mass is 10.3. The van der Waals surface area contributed by atoms with Gasteiger partial charge in [0, 0.05) is 5.92 Å². The number of carbonyl (C=O) groups excluding carboxylic acids is 1. The Morgan fingerprint density at radius 2 is 2.17 bits per heavy atom. The van der Waals surface area contributed by atoms with Gasteiger partial charge in [-0.15, -0.1) is 0 Å². The fraction of sp³-hybridized carbons (Fsp3) is 0.889. The van der Waals surface area contributed by atoms with E-state index < -0.39 is 0 Å². The van der Waals surface area contributed by atoms with E-state index in [0.717, 1.165) is 12.8 Å². The Bertz CT molecular complexity index is 164. The van der Waals surface area contributed by atoms with Crippen molar-refractivity contribution in [2.75, 3.05) is 6.61 Å². The first-order chi connectivity index (χ1) is 5.66. The summed E-state index contributed by atoms with van der Waals surface area (Å²) in [4.78, 5) is 16.8. The Kier molecular flexibility index (Phi) is 3.09. The topological polar surface area (TPSA) is 29.5 Å². The molecule has 1 rings (SSSR count). The highest BCUT2D eigenvalue weighted by Crippen LogP contribution is 2.31. The molecule has 0 aromatic heterocycles. The molecule has 0 unspecified atom stereocenters. The second kappa shape index (κ2) is 3.90. The maximum absolute atomic E-state index is 11.5. The maximum Gasteiger partial charge on any atom is 0.249 e. The summed E-state index contributed by atoms with van der Waals surface area (Å²) in [6, 6.07) is 0.151. The van der Waals surface area contributed by atoms with E-state index in [1.54, 1.807) is 0 Å². The van der Waals surface area contributed by atoms with Crippen LogP contribution in [0, 0.1) is 5.92 Å². The van der Waals surface area contributed by atoms with Crippen LogP contribution in [0.5, 0.6) is 0 Å². The summed E-state index contributed by atoms with van der Waals surface area (Å²) in [5.41, 5.74) is 0. The molecule has 0 aliphatic heterocycles. The molecular formula is C9H17NO2. The Balaban J connectivity index is 2.45. The largest absolute Gasteiger partial charge is 0.272 e. The van der Waals surface area contributed by atoms with Crippen LogP contribution in [0.4, 0.5) is 0 Å². The summed E-state index contributed by atoms with van der Waals surface area (Å²) in [5, 5.41) is 1.51. The first kappa shape index (κ1) is 9.52. The molecule has 0 bridgehead atoms. The highest BCUT2D eigenvalue weighted by Gasteiger charge is 2.34. The molecule has 0 saturated heterocycles. The van der Waals surface area contributed by atoms with E-state index >= 15 is 0 Å². The van der Waals surface area contributed by atoms with Crippen molar-refractivity contribution in [3.8, 4) is 0 Å². The van der Waals surface area contributed by atoms with Crippen LogP contribution >= 0.6 is 0 Å². The average Bonchev–Trinajstić information content (AvgIpc) is 2.80. The monoisotopic (exact) mass is 171 g/mol. The number of nitrogens with zero attached hydrogens (tertiary/aromatic N) is 1. The first-order valence-electron chi connectivity index (χ1n) is 4.62. The minimum atomic E-state index is 0.151. The van der Waals surface area contributed by atoms with E-state index in [9.17, 15) is 4.79 Å². The maximum atomic E-state index is 11.5. The van der Waals surface area contributed by atoms with Gasteiger partial charge in [0.25, 0.3) is 0 Å². The lowest BCUT2D eigenvalue weighted by Gasteiger charge is -2.24. The van der Waals surface area contributed by atoms with Gasteiger partial charge in [0.1, 0.15) is 0 Å². The summed E-state index contributed by atoms with van der Waals surface area (Å²) in [5.74, 6) is 0.408. The van der Waals surface area contributed by atoms with Crippen molar-refractivity contribution in [3.63, 3.8) is 0 Å². The zero-order valence-corrected chi connectivity index (χ0v) is 8.04. The Labute approximate surface area is 73.6 Å². The van der Waals surface area contributed by atoms with Gasteiger partial charge in [-0.3, -0.25) is 9.63 Å². The number of rotatable bonds is 4. The van der Waals surface area contributed by atoms with Crippen LogP contribution in [0.2, 0.25) is 0 Å². The van der Waals surface area contributed by atoms with Crippen molar-refractivity contribution in [1.29, 1.82) is 0 Å². The second-order valence-corrected chi connectivity index (χ2v) is 3.45. The predicted molar refractivity (Wildman–Crippen MR) is 46.3 cm³/mol. The summed E-state index contributed by atoms with van der Waals surface area (Å²) < 4.78 is 0. The lowest BCUT2D eigenvalue weighted by Crippen LogP contribution is -2.37. The molecule has 12 heavy (non-hydrogen) atoms. The highest BCUT2D eigenvalue weighted by atomic mass is 16.7. The molecule has 0 atom stereocenters. The van der Waals surface area contributed by atoms with E-state index in [4.69, 9.17) is 4.84 Å². The SMILES string of the molecule is CCON(C(=O)C1CC1)C(C)C. The molecular weight excluding hydrogens is 154 g/mol. The Morgan fingerprint density at radius 1 is 1.58 bits per heavy atom. The molecule has 70 valence electrons. The van der Waals surface area contributed by atoms with Gasteiger partial charge >= 0.3 is 0 Å². The van der Waals surface area contributed by atoms with Crippen LogP contribution in [0.15, 0.2) is 0 Å². The standard InChI is InChI=1S/C9H17NO2/c1-4-12-10(7(2)3)9(11)8-5-6-8/h7-8H,4-6H2,1-3H3. The molecule has 0 N–H and O–H groups in total. The zero-order chi connectivity index (χ0) is 9.14. The average molecular weight is 171 g/mol. The molecule has 0 aromatic rings. The van der Waals surface area contributed by atoms with Crippen LogP contribution in [-0.4, -0.2) is 23.6 Å². The van der Waals surface area contributed by atoms with E-state index in [0.29, 0.717) is 6.61 Å². The molecule has 0 radical (unpaired) electrons. The van der Waals surface area contributed by atoms with Gasteiger partial charge in [-0.25, -0.2) is 5.06 Å². The lowest BCUT2D eigenvalue weighted by molar-refractivity contribution is -0.196. The van der Waals surface area contributed by atoms with E-state index in [1.165, 1.54) is 5.06 Å². The van der Waals surface area contributed by atoms with Crippen molar-refractivity contribution in [1.82, 2.24) is 5.06 Å². The normalized spacial score (nSPS) is 16.7. The van der Waals surface area contributed by atoms with E-state index in [-0.39, 0.29) is 17.9 Å². The van der Waals surface area contributed by atoms with Crippen molar-refractivity contribution >= 4 is 5.91 Å². The minimum absolute atomic E-state index is 0.151. The Morgan fingerprint density at radius 3 is 2.50 bits per heavy atom. The summed E-state index contributed by atoms with van der Waals surface area (Å²) >= 11 is 0. The number of hydroxylamine groups is 2. The van der Waals surface area contributed by atoms with Crippen LogP contribution in [0.1, 0.15) is 33.6 Å². The van der Waals surface area contributed by atoms with Crippen LogP contribution in [0.25, 0.3) is 0 Å². The number of amides is 1. The van der Waals surface area contributed by atoms with Gasteiger partial charge in [0.2, 0.25) is 5.91 Å². The van der Waals surface area contributed by atoms with Crippen molar-refractivity contribution in [2.24, 2.45) is 5.92 Å². The van der Waals surface area contributed by atoms with Gasteiger partial charge in [0.15, 0.2) is 0 Å². The fourth-order valence-corrected chi connectivity index (χ4v) is 1.12. The molecule has 1 amide bonds. The van der Waals surface area contributed by atoms with Crippen LogP contribution in [-0.2, 0) is 9.63 Å². The fourth-order valence-electron chi connectivity index (χ4n) is 1.12. The number of hydrogen-bond donors (Lipinski definition) is 0.